The topological polar surface area (TPSA) is 58.6 Å². The lowest BCUT2D eigenvalue weighted by atomic mass is 10.0. The van der Waals surface area contributed by atoms with Crippen molar-refractivity contribution in [3.8, 4) is 5.75 Å². The molecule has 2 amide bonds. The zero-order valence-corrected chi connectivity index (χ0v) is 19.4. The number of hydrogen-bond donors (Lipinski definition) is 1. The second-order valence-corrected chi connectivity index (χ2v) is 8.38. The molecule has 1 heterocycles. The molecule has 0 saturated heterocycles. The fraction of sp³-hybridized carbons (Fsp3) is 0.185. The minimum absolute atomic E-state index is 0.194. The van der Waals surface area contributed by atoms with Crippen molar-refractivity contribution in [1.82, 2.24) is 4.90 Å². The zero-order valence-electron chi connectivity index (χ0n) is 18.6. The first kappa shape index (κ1) is 22.6. The van der Waals surface area contributed by atoms with Crippen LogP contribution in [0.25, 0.3) is 5.57 Å². The molecule has 33 heavy (non-hydrogen) atoms. The summed E-state index contributed by atoms with van der Waals surface area (Å²) >= 11 is 6.05. The van der Waals surface area contributed by atoms with Gasteiger partial charge >= 0.3 is 0 Å². The van der Waals surface area contributed by atoms with Crippen LogP contribution in [0, 0.1) is 6.92 Å². The number of aryl methyl sites for hydroxylation is 1. The predicted molar refractivity (Wildman–Crippen MR) is 131 cm³/mol. The summed E-state index contributed by atoms with van der Waals surface area (Å²) in [6, 6.07) is 22.1. The summed E-state index contributed by atoms with van der Waals surface area (Å²) < 4.78 is 5.71. The minimum Gasteiger partial charge on any atom is -0.494 e. The highest BCUT2D eigenvalue weighted by molar-refractivity contribution is 6.36. The molecule has 0 unspecified atom stereocenters. The number of imide groups is 1. The number of hydrogen-bond acceptors (Lipinski definition) is 4. The van der Waals surface area contributed by atoms with Crippen LogP contribution in [0.15, 0.2) is 78.5 Å². The van der Waals surface area contributed by atoms with E-state index >= 15 is 0 Å². The number of nitrogens with one attached hydrogen (secondary N) is 1. The lowest BCUT2D eigenvalue weighted by Gasteiger charge is -2.16. The molecule has 1 aliphatic heterocycles. The Morgan fingerprint density at radius 1 is 0.939 bits per heavy atom. The van der Waals surface area contributed by atoms with E-state index in [-0.39, 0.29) is 24.1 Å². The Labute approximate surface area is 198 Å². The number of amides is 2. The molecule has 1 N–H and O–H groups in total. The Morgan fingerprint density at radius 3 is 2.36 bits per heavy atom. The molecule has 0 aromatic heterocycles. The summed E-state index contributed by atoms with van der Waals surface area (Å²) in [5, 5.41) is 3.74. The number of carbonyl (C=O) groups is 2. The van der Waals surface area contributed by atoms with Gasteiger partial charge in [0.05, 0.1) is 18.7 Å². The Kier molecular flexibility index (Phi) is 6.80. The molecule has 3 aromatic carbocycles. The highest BCUT2D eigenvalue weighted by Gasteiger charge is 2.39. The van der Waals surface area contributed by atoms with Crippen LogP contribution < -0.4 is 10.1 Å². The quantitative estimate of drug-likeness (QED) is 0.430. The van der Waals surface area contributed by atoms with E-state index in [2.05, 4.69) is 5.32 Å². The lowest BCUT2D eigenvalue weighted by molar-refractivity contribution is -0.137. The molecule has 0 fully saturated rings. The van der Waals surface area contributed by atoms with Crippen LogP contribution in [0.5, 0.6) is 5.75 Å². The van der Waals surface area contributed by atoms with Gasteiger partial charge in [-0.2, -0.15) is 0 Å². The number of benzene rings is 3. The molecule has 168 valence electrons. The largest absolute Gasteiger partial charge is 0.494 e. The van der Waals surface area contributed by atoms with Crippen molar-refractivity contribution in [2.75, 3.05) is 11.9 Å². The normalized spacial score (nSPS) is 13.6. The number of nitrogens with zero attached hydrogens (tertiary/aromatic N) is 1. The maximum absolute atomic E-state index is 13.4. The fourth-order valence-electron chi connectivity index (χ4n) is 3.62. The van der Waals surface area contributed by atoms with Crippen LogP contribution in [0.2, 0.25) is 5.02 Å². The van der Waals surface area contributed by atoms with Crippen molar-refractivity contribution >= 4 is 34.7 Å². The van der Waals surface area contributed by atoms with Gasteiger partial charge < -0.3 is 10.1 Å². The third-order valence-corrected chi connectivity index (χ3v) is 5.59. The summed E-state index contributed by atoms with van der Waals surface area (Å²) in [5.74, 6) is -0.0158. The van der Waals surface area contributed by atoms with Crippen molar-refractivity contribution in [2.45, 2.75) is 26.8 Å². The van der Waals surface area contributed by atoms with Gasteiger partial charge in [-0.3, -0.25) is 14.5 Å². The molecule has 0 spiro atoms. The molecule has 0 aliphatic carbocycles. The van der Waals surface area contributed by atoms with Crippen molar-refractivity contribution < 1.29 is 14.3 Å². The average Bonchev–Trinajstić information content (AvgIpc) is 3.04. The van der Waals surface area contributed by atoms with Crippen LogP contribution >= 0.6 is 11.6 Å². The molecule has 5 nitrogen and oxygen atoms in total. The van der Waals surface area contributed by atoms with Gasteiger partial charge in [0.1, 0.15) is 11.4 Å². The molecule has 0 atom stereocenters. The van der Waals surface area contributed by atoms with Crippen LogP contribution in [0.1, 0.15) is 30.0 Å². The smallest absolute Gasteiger partial charge is 0.278 e. The first-order valence-electron chi connectivity index (χ1n) is 10.9. The van der Waals surface area contributed by atoms with E-state index in [4.69, 9.17) is 16.3 Å². The molecular formula is C27H25ClN2O3. The maximum Gasteiger partial charge on any atom is 0.278 e. The first-order valence-corrected chi connectivity index (χ1v) is 11.3. The van der Waals surface area contributed by atoms with E-state index in [1.807, 2.05) is 62.4 Å². The zero-order chi connectivity index (χ0) is 23.4. The van der Waals surface area contributed by atoms with E-state index in [9.17, 15) is 9.59 Å². The average molecular weight is 461 g/mol. The van der Waals surface area contributed by atoms with E-state index in [1.165, 1.54) is 4.90 Å². The molecule has 0 radical (unpaired) electrons. The second-order valence-electron chi connectivity index (χ2n) is 7.94. The van der Waals surface area contributed by atoms with Gasteiger partial charge in [0.25, 0.3) is 11.8 Å². The van der Waals surface area contributed by atoms with Gasteiger partial charge in [-0.1, -0.05) is 66.6 Å². The number of rotatable bonds is 8. The summed E-state index contributed by atoms with van der Waals surface area (Å²) in [4.78, 5) is 28.1. The van der Waals surface area contributed by atoms with Gasteiger partial charge in [-0.25, -0.2) is 0 Å². The van der Waals surface area contributed by atoms with Gasteiger partial charge in [0.15, 0.2) is 0 Å². The maximum atomic E-state index is 13.4. The van der Waals surface area contributed by atoms with Gasteiger partial charge in [0.2, 0.25) is 0 Å². The van der Waals surface area contributed by atoms with E-state index in [0.29, 0.717) is 34.2 Å². The summed E-state index contributed by atoms with van der Waals surface area (Å²) in [6.07, 6.45) is 0.893. The highest BCUT2D eigenvalue weighted by Crippen LogP contribution is 2.32. The Hall–Kier alpha value is -3.57. The molecule has 1 aliphatic rings. The fourth-order valence-corrected chi connectivity index (χ4v) is 3.75. The Morgan fingerprint density at radius 2 is 1.67 bits per heavy atom. The van der Waals surface area contributed by atoms with Gasteiger partial charge in [-0.15, -0.1) is 0 Å². The summed E-state index contributed by atoms with van der Waals surface area (Å²) in [6.45, 7) is 4.83. The van der Waals surface area contributed by atoms with E-state index < -0.39 is 0 Å². The standard InChI is InChI=1S/C27H25ClN2O3/c1-3-15-33-23-6-4-5-22(16-23)29-25-24(20-11-13-21(28)14-12-20)26(31)30(27(25)32)17-19-9-7-18(2)8-10-19/h4-14,16,29H,3,15,17H2,1-2H3. The summed E-state index contributed by atoms with van der Waals surface area (Å²) in [5.41, 5.74) is 3.86. The minimum atomic E-state index is -0.370. The second kappa shape index (κ2) is 9.92. The number of anilines is 1. The number of carbonyl (C=O) groups excluding carboxylic acids is 2. The van der Waals surface area contributed by atoms with Crippen LogP contribution in [-0.2, 0) is 16.1 Å². The third-order valence-electron chi connectivity index (χ3n) is 5.34. The highest BCUT2D eigenvalue weighted by atomic mass is 35.5. The van der Waals surface area contributed by atoms with Crippen molar-refractivity contribution in [3.63, 3.8) is 0 Å². The van der Waals surface area contributed by atoms with Gasteiger partial charge in [-0.05, 0) is 48.7 Å². The van der Waals surface area contributed by atoms with E-state index in [1.54, 1.807) is 24.3 Å². The number of halogens is 1. The van der Waals surface area contributed by atoms with Crippen LogP contribution in [0.3, 0.4) is 0 Å². The molecular weight excluding hydrogens is 436 g/mol. The summed E-state index contributed by atoms with van der Waals surface area (Å²) in [7, 11) is 0. The molecule has 0 bridgehead atoms. The Balaban J connectivity index is 1.69. The first-order chi connectivity index (χ1) is 16.0. The van der Waals surface area contributed by atoms with Crippen LogP contribution in [-0.4, -0.2) is 23.3 Å². The van der Waals surface area contributed by atoms with Crippen LogP contribution in [0.4, 0.5) is 5.69 Å². The predicted octanol–water partition coefficient (Wildman–Crippen LogP) is 5.83. The lowest BCUT2D eigenvalue weighted by Crippen LogP contribution is -2.32. The monoisotopic (exact) mass is 460 g/mol. The molecule has 0 saturated carbocycles. The molecule has 6 heteroatoms. The van der Waals surface area contributed by atoms with Crippen molar-refractivity contribution in [3.05, 3.63) is 100 Å². The third kappa shape index (κ3) is 5.10. The molecule has 4 rings (SSSR count). The van der Waals surface area contributed by atoms with Crippen molar-refractivity contribution in [1.29, 1.82) is 0 Å². The molecule has 3 aromatic rings. The van der Waals surface area contributed by atoms with E-state index in [0.717, 1.165) is 17.5 Å². The Bertz CT molecular complexity index is 1200. The SMILES string of the molecule is CCCOc1cccc(NC2=C(c3ccc(Cl)cc3)C(=O)N(Cc3ccc(C)cc3)C2=O)c1. The van der Waals surface area contributed by atoms with Crippen molar-refractivity contribution in [2.24, 2.45) is 0 Å². The van der Waals surface area contributed by atoms with Gasteiger partial charge in [0, 0.05) is 16.8 Å². The number of ether oxygens (including phenoxy) is 1.